The van der Waals surface area contributed by atoms with Crippen LogP contribution in [-0.4, -0.2) is 16.4 Å². The topological polar surface area (TPSA) is 98.3 Å². The number of carbonyl (C=O) groups excluding carboxylic acids is 1. The molecule has 3 N–H and O–H groups in total. The number of carbonyl (C=O) groups is 1. The molecule has 6 heteroatoms. The van der Waals surface area contributed by atoms with E-state index in [0.717, 1.165) is 25.7 Å². The summed E-state index contributed by atoms with van der Waals surface area (Å²) in [5.74, 6) is -0.182. The molecule has 1 aliphatic carbocycles. The maximum atomic E-state index is 12.0. The van der Waals surface area contributed by atoms with Gasteiger partial charge in [-0.15, -0.1) is 0 Å². The van der Waals surface area contributed by atoms with Gasteiger partial charge in [0.05, 0.1) is 16.2 Å². The molecule has 1 aliphatic rings. The lowest BCUT2D eigenvalue weighted by Crippen LogP contribution is -2.40. The van der Waals surface area contributed by atoms with Crippen LogP contribution in [0.5, 0.6) is 0 Å². The predicted octanol–water partition coefficient (Wildman–Crippen LogP) is 2.50. The zero-order chi connectivity index (χ0) is 14.8. The molecule has 2 rings (SSSR count). The van der Waals surface area contributed by atoms with E-state index in [0.29, 0.717) is 11.3 Å². The molecule has 1 saturated carbocycles. The highest BCUT2D eigenvalue weighted by atomic mass is 16.6. The molecule has 0 radical (unpaired) electrons. The first-order chi connectivity index (χ1) is 9.41. The summed E-state index contributed by atoms with van der Waals surface area (Å²) in [6.07, 6.45) is 4.08. The minimum atomic E-state index is -0.452. The molecule has 0 aliphatic heterocycles. The standard InChI is InChI=1S/C14H19N3O3/c1-10-11(5-4-6-12(10)17(19)20)16-13(18)9-14(15)7-2-3-8-14/h4-6H,2-3,7-9,15H2,1H3,(H,16,18). The highest BCUT2D eigenvalue weighted by Gasteiger charge is 2.31. The van der Waals surface area contributed by atoms with Crippen molar-refractivity contribution in [2.45, 2.75) is 44.6 Å². The molecule has 6 nitrogen and oxygen atoms in total. The summed E-state index contributed by atoms with van der Waals surface area (Å²) >= 11 is 0. The number of nitrogens with one attached hydrogen (secondary N) is 1. The van der Waals surface area contributed by atoms with Crippen molar-refractivity contribution >= 4 is 17.3 Å². The van der Waals surface area contributed by atoms with Crippen molar-refractivity contribution < 1.29 is 9.72 Å². The van der Waals surface area contributed by atoms with E-state index in [2.05, 4.69) is 5.32 Å². The van der Waals surface area contributed by atoms with Gasteiger partial charge in [-0.2, -0.15) is 0 Å². The molecule has 0 aromatic heterocycles. The van der Waals surface area contributed by atoms with Crippen molar-refractivity contribution in [2.75, 3.05) is 5.32 Å². The molecule has 1 amide bonds. The Morgan fingerprint density at radius 1 is 1.45 bits per heavy atom. The first kappa shape index (κ1) is 14.5. The molecule has 0 atom stereocenters. The van der Waals surface area contributed by atoms with Crippen LogP contribution >= 0.6 is 0 Å². The summed E-state index contributed by atoms with van der Waals surface area (Å²) in [7, 11) is 0. The van der Waals surface area contributed by atoms with Crippen molar-refractivity contribution in [1.82, 2.24) is 0 Å². The Labute approximate surface area is 117 Å². The fraction of sp³-hybridized carbons (Fsp3) is 0.500. The van der Waals surface area contributed by atoms with Gasteiger partial charge in [-0.05, 0) is 25.8 Å². The molecule has 1 aromatic rings. The van der Waals surface area contributed by atoms with Crippen LogP contribution in [-0.2, 0) is 4.79 Å². The van der Waals surface area contributed by atoms with E-state index in [9.17, 15) is 14.9 Å². The summed E-state index contributed by atoms with van der Waals surface area (Å²) in [6, 6.07) is 4.65. The Balaban J connectivity index is 2.08. The van der Waals surface area contributed by atoms with Gasteiger partial charge in [-0.25, -0.2) is 0 Å². The van der Waals surface area contributed by atoms with E-state index in [1.165, 1.54) is 6.07 Å². The van der Waals surface area contributed by atoms with Gasteiger partial charge in [0.1, 0.15) is 0 Å². The van der Waals surface area contributed by atoms with E-state index in [1.54, 1.807) is 19.1 Å². The number of benzene rings is 1. The van der Waals surface area contributed by atoms with E-state index < -0.39 is 10.5 Å². The van der Waals surface area contributed by atoms with Crippen molar-refractivity contribution in [2.24, 2.45) is 5.73 Å². The van der Waals surface area contributed by atoms with Gasteiger partial charge in [0.25, 0.3) is 5.69 Å². The molecule has 108 valence electrons. The lowest BCUT2D eigenvalue weighted by molar-refractivity contribution is -0.385. The molecule has 0 bridgehead atoms. The Morgan fingerprint density at radius 2 is 2.10 bits per heavy atom. The van der Waals surface area contributed by atoms with Crippen LogP contribution in [0.25, 0.3) is 0 Å². The van der Waals surface area contributed by atoms with E-state index in [4.69, 9.17) is 5.73 Å². The van der Waals surface area contributed by atoms with Crippen LogP contribution in [0.15, 0.2) is 18.2 Å². The third-order valence-corrected chi connectivity index (χ3v) is 3.89. The molecule has 0 heterocycles. The molecule has 1 fully saturated rings. The highest BCUT2D eigenvalue weighted by Crippen LogP contribution is 2.31. The minimum absolute atomic E-state index is 0.00567. The second kappa shape index (κ2) is 5.58. The largest absolute Gasteiger partial charge is 0.326 e. The normalized spacial score (nSPS) is 16.9. The third-order valence-electron chi connectivity index (χ3n) is 3.89. The number of nitrogens with two attached hydrogens (primary N) is 1. The van der Waals surface area contributed by atoms with Crippen molar-refractivity contribution in [3.63, 3.8) is 0 Å². The number of nitro groups is 1. The van der Waals surface area contributed by atoms with Gasteiger partial charge >= 0.3 is 0 Å². The quantitative estimate of drug-likeness (QED) is 0.652. The van der Waals surface area contributed by atoms with Crippen LogP contribution in [0.1, 0.15) is 37.7 Å². The number of rotatable bonds is 4. The summed E-state index contributed by atoms with van der Waals surface area (Å²) in [5.41, 5.74) is 6.69. The maximum absolute atomic E-state index is 12.0. The fourth-order valence-corrected chi connectivity index (χ4v) is 2.73. The van der Waals surface area contributed by atoms with Gasteiger partial charge in [0.2, 0.25) is 5.91 Å². The van der Waals surface area contributed by atoms with Gasteiger partial charge in [0, 0.05) is 18.0 Å². The van der Waals surface area contributed by atoms with Crippen LogP contribution < -0.4 is 11.1 Å². The number of nitrogens with zero attached hydrogens (tertiary/aromatic N) is 1. The number of hydrogen-bond acceptors (Lipinski definition) is 4. The predicted molar refractivity (Wildman–Crippen MR) is 76.5 cm³/mol. The zero-order valence-electron chi connectivity index (χ0n) is 11.5. The van der Waals surface area contributed by atoms with E-state index in [1.807, 2.05) is 0 Å². The van der Waals surface area contributed by atoms with Gasteiger partial charge in [0.15, 0.2) is 0 Å². The van der Waals surface area contributed by atoms with Crippen LogP contribution in [0.4, 0.5) is 11.4 Å². The fourth-order valence-electron chi connectivity index (χ4n) is 2.73. The molecular weight excluding hydrogens is 258 g/mol. The zero-order valence-corrected chi connectivity index (χ0v) is 11.5. The number of hydrogen-bond donors (Lipinski definition) is 2. The average molecular weight is 277 g/mol. The minimum Gasteiger partial charge on any atom is -0.326 e. The van der Waals surface area contributed by atoms with Gasteiger partial charge < -0.3 is 11.1 Å². The Kier molecular flexibility index (Phi) is 4.04. The van der Waals surface area contributed by atoms with E-state index >= 15 is 0 Å². The molecular formula is C14H19N3O3. The number of nitro benzene ring substituents is 1. The molecule has 1 aromatic carbocycles. The molecule has 0 unspecified atom stereocenters. The highest BCUT2D eigenvalue weighted by molar-refractivity contribution is 5.92. The molecule has 20 heavy (non-hydrogen) atoms. The van der Waals surface area contributed by atoms with Crippen molar-refractivity contribution in [3.05, 3.63) is 33.9 Å². The average Bonchev–Trinajstić information content (AvgIpc) is 2.77. The Morgan fingerprint density at radius 3 is 2.70 bits per heavy atom. The first-order valence-electron chi connectivity index (χ1n) is 6.74. The summed E-state index contributed by atoms with van der Waals surface area (Å²) in [5, 5.41) is 13.6. The van der Waals surface area contributed by atoms with Crippen LogP contribution in [0.3, 0.4) is 0 Å². The SMILES string of the molecule is Cc1c(NC(=O)CC2(N)CCCC2)cccc1[N+](=O)[O-]. The van der Waals surface area contributed by atoms with E-state index in [-0.39, 0.29) is 18.0 Å². The number of amides is 1. The Bertz CT molecular complexity index is 536. The molecule has 0 spiro atoms. The van der Waals surface area contributed by atoms with Crippen molar-refractivity contribution in [1.29, 1.82) is 0 Å². The smallest absolute Gasteiger partial charge is 0.274 e. The van der Waals surface area contributed by atoms with Gasteiger partial charge in [-0.3, -0.25) is 14.9 Å². The maximum Gasteiger partial charge on any atom is 0.274 e. The third kappa shape index (κ3) is 3.14. The Hall–Kier alpha value is -1.95. The second-order valence-corrected chi connectivity index (χ2v) is 5.50. The first-order valence-corrected chi connectivity index (χ1v) is 6.74. The monoisotopic (exact) mass is 277 g/mol. The lowest BCUT2D eigenvalue weighted by Gasteiger charge is -2.22. The van der Waals surface area contributed by atoms with Gasteiger partial charge in [-0.1, -0.05) is 18.9 Å². The van der Waals surface area contributed by atoms with Crippen LogP contribution in [0.2, 0.25) is 0 Å². The summed E-state index contributed by atoms with van der Waals surface area (Å²) in [4.78, 5) is 22.5. The molecule has 0 saturated heterocycles. The second-order valence-electron chi connectivity index (χ2n) is 5.50. The number of anilines is 1. The summed E-state index contributed by atoms with van der Waals surface area (Å²) in [6.45, 7) is 1.63. The summed E-state index contributed by atoms with van der Waals surface area (Å²) < 4.78 is 0. The van der Waals surface area contributed by atoms with Crippen molar-refractivity contribution in [3.8, 4) is 0 Å². The lowest BCUT2D eigenvalue weighted by atomic mass is 9.94. The van der Waals surface area contributed by atoms with Crippen LogP contribution in [0, 0.1) is 17.0 Å².